The second kappa shape index (κ2) is 11.1. The van der Waals surface area contributed by atoms with Gasteiger partial charge in [-0.25, -0.2) is 9.97 Å². The van der Waals surface area contributed by atoms with E-state index in [9.17, 15) is 4.79 Å². The fourth-order valence-corrected chi connectivity index (χ4v) is 4.86. The number of pyridine rings is 1. The van der Waals surface area contributed by atoms with Crippen LogP contribution < -0.4 is 20.3 Å². The van der Waals surface area contributed by atoms with Crippen molar-refractivity contribution in [1.29, 1.82) is 0 Å². The Morgan fingerprint density at radius 2 is 1.92 bits per heavy atom. The number of fused-ring (bicyclic) bond motifs is 1. The van der Waals surface area contributed by atoms with Gasteiger partial charge in [0.2, 0.25) is 17.7 Å². The third kappa shape index (κ3) is 5.72. The number of hydrogen-bond acceptors (Lipinski definition) is 7. The highest BCUT2D eigenvalue weighted by Gasteiger charge is 2.24. The monoisotopic (exact) mass is 525 g/mol. The van der Waals surface area contributed by atoms with Crippen molar-refractivity contribution in [3.05, 3.63) is 61.4 Å². The van der Waals surface area contributed by atoms with Gasteiger partial charge in [0, 0.05) is 49.0 Å². The summed E-state index contributed by atoms with van der Waals surface area (Å²) in [7, 11) is 2.02. The Morgan fingerprint density at radius 3 is 2.67 bits per heavy atom. The zero-order valence-electron chi connectivity index (χ0n) is 22.9. The Bertz CT molecular complexity index is 1500. The minimum absolute atomic E-state index is 0.108. The summed E-state index contributed by atoms with van der Waals surface area (Å²) < 4.78 is 8.23. The predicted octanol–water partition coefficient (Wildman–Crippen LogP) is 5.92. The van der Waals surface area contributed by atoms with E-state index in [1.54, 1.807) is 6.20 Å². The smallest absolute Gasteiger partial charge is 0.247 e. The fraction of sp³-hybridized carbons (Fsp3) is 0.333. The van der Waals surface area contributed by atoms with Crippen LogP contribution in [0, 0.1) is 5.92 Å². The summed E-state index contributed by atoms with van der Waals surface area (Å²) in [6.07, 6.45) is 7.07. The van der Waals surface area contributed by atoms with Gasteiger partial charge in [-0.05, 0) is 56.9 Å². The van der Waals surface area contributed by atoms with E-state index in [1.807, 2.05) is 45.2 Å². The number of amides is 1. The number of carbonyl (C=O) groups excluding carboxylic acids is 1. The van der Waals surface area contributed by atoms with Crippen molar-refractivity contribution >= 4 is 40.0 Å². The standard InChI is InChI=1S/C30H35N7O2/c1-6-27(38)32-24-17-25(29(39-19(2)3)35-28(24)37-15-12-20(4)13-16-37)34-30-31-14-11-23(33-30)22-18-36(5)26-10-8-7-9-21(22)26/h6-11,14,17-20H,1,12-13,15-16H2,2-5H3,(H,32,38)(H,31,33,34). The van der Waals surface area contributed by atoms with Gasteiger partial charge in [0.25, 0.3) is 0 Å². The molecule has 0 bridgehead atoms. The molecule has 9 nitrogen and oxygen atoms in total. The zero-order chi connectivity index (χ0) is 27.5. The van der Waals surface area contributed by atoms with E-state index in [0.29, 0.717) is 34.9 Å². The van der Waals surface area contributed by atoms with Crippen LogP contribution in [-0.2, 0) is 11.8 Å². The van der Waals surface area contributed by atoms with Crippen LogP contribution in [-0.4, -0.2) is 44.6 Å². The topological polar surface area (TPSA) is 97.2 Å². The van der Waals surface area contributed by atoms with Gasteiger partial charge >= 0.3 is 0 Å². The third-order valence-corrected chi connectivity index (χ3v) is 6.92. The molecule has 0 saturated carbocycles. The molecular formula is C30H35N7O2. The Morgan fingerprint density at radius 1 is 1.15 bits per heavy atom. The van der Waals surface area contributed by atoms with Crippen LogP contribution in [0.3, 0.4) is 0 Å². The molecule has 0 aliphatic carbocycles. The molecule has 0 radical (unpaired) electrons. The van der Waals surface area contributed by atoms with Crippen molar-refractivity contribution in [1.82, 2.24) is 19.5 Å². The number of rotatable bonds is 8. The molecule has 0 unspecified atom stereocenters. The first-order valence-electron chi connectivity index (χ1n) is 13.4. The highest BCUT2D eigenvalue weighted by Crippen LogP contribution is 2.37. The molecule has 39 heavy (non-hydrogen) atoms. The SMILES string of the molecule is C=CC(=O)Nc1cc(Nc2nccc(-c3cn(C)c4ccccc34)n2)c(OC(C)C)nc1N1CCC(C)CC1. The van der Waals surface area contributed by atoms with Crippen LogP contribution in [0.4, 0.5) is 23.1 Å². The first-order valence-corrected chi connectivity index (χ1v) is 13.4. The molecule has 5 rings (SSSR count). The molecule has 202 valence electrons. The number of para-hydroxylation sites is 1. The van der Waals surface area contributed by atoms with E-state index in [1.165, 1.54) is 6.08 Å². The molecule has 9 heteroatoms. The van der Waals surface area contributed by atoms with Crippen LogP contribution >= 0.6 is 0 Å². The summed E-state index contributed by atoms with van der Waals surface area (Å²) in [5.41, 5.74) is 4.08. The van der Waals surface area contributed by atoms with Gasteiger partial charge in [-0.3, -0.25) is 4.79 Å². The van der Waals surface area contributed by atoms with Gasteiger partial charge in [0.15, 0.2) is 5.82 Å². The van der Waals surface area contributed by atoms with Crippen molar-refractivity contribution < 1.29 is 9.53 Å². The molecule has 3 aromatic heterocycles. The minimum Gasteiger partial charge on any atom is -0.473 e. The van der Waals surface area contributed by atoms with Gasteiger partial charge in [0.1, 0.15) is 5.69 Å². The van der Waals surface area contributed by atoms with Gasteiger partial charge in [-0.1, -0.05) is 31.7 Å². The summed E-state index contributed by atoms with van der Waals surface area (Å²) in [5, 5.41) is 7.35. The number of nitrogens with one attached hydrogen (secondary N) is 2. The van der Waals surface area contributed by atoms with Crippen LogP contribution in [0.1, 0.15) is 33.6 Å². The highest BCUT2D eigenvalue weighted by molar-refractivity contribution is 6.01. The van der Waals surface area contributed by atoms with Crippen molar-refractivity contribution in [3.63, 3.8) is 0 Å². The maximum atomic E-state index is 12.4. The third-order valence-electron chi connectivity index (χ3n) is 6.92. The summed E-state index contributed by atoms with van der Waals surface area (Å²) in [6.45, 7) is 11.5. The number of benzene rings is 1. The van der Waals surface area contributed by atoms with Crippen molar-refractivity contribution in [2.24, 2.45) is 13.0 Å². The number of aromatic nitrogens is 4. The molecule has 1 amide bonds. The van der Waals surface area contributed by atoms with E-state index in [2.05, 4.69) is 56.9 Å². The van der Waals surface area contributed by atoms with Crippen molar-refractivity contribution in [3.8, 4) is 17.1 Å². The molecule has 4 aromatic rings. The molecule has 1 saturated heterocycles. The average molecular weight is 526 g/mol. The van der Waals surface area contributed by atoms with Crippen LogP contribution in [0.5, 0.6) is 5.88 Å². The fourth-order valence-electron chi connectivity index (χ4n) is 4.86. The van der Waals surface area contributed by atoms with Gasteiger partial charge in [-0.2, -0.15) is 4.98 Å². The molecule has 4 heterocycles. The first kappa shape index (κ1) is 26.2. The second-order valence-electron chi connectivity index (χ2n) is 10.3. The van der Waals surface area contributed by atoms with E-state index in [0.717, 1.165) is 48.1 Å². The van der Waals surface area contributed by atoms with Crippen LogP contribution in [0.15, 0.2) is 61.4 Å². The number of ether oxygens (including phenoxy) is 1. The largest absolute Gasteiger partial charge is 0.473 e. The lowest BCUT2D eigenvalue weighted by Crippen LogP contribution is -2.34. The maximum absolute atomic E-state index is 12.4. The summed E-state index contributed by atoms with van der Waals surface area (Å²) in [4.78, 5) is 28.7. The van der Waals surface area contributed by atoms with E-state index < -0.39 is 0 Å². The normalized spacial score (nSPS) is 14.0. The average Bonchev–Trinajstić information content (AvgIpc) is 3.27. The molecule has 2 N–H and O–H groups in total. The molecule has 0 spiro atoms. The van der Waals surface area contributed by atoms with Gasteiger partial charge < -0.3 is 24.8 Å². The molecule has 1 aromatic carbocycles. The van der Waals surface area contributed by atoms with Crippen LogP contribution in [0.2, 0.25) is 0 Å². The number of nitrogens with zero attached hydrogens (tertiary/aromatic N) is 5. The molecule has 1 fully saturated rings. The second-order valence-corrected chi connectivity index (χ2v) is 10.3. The van der Waals surface area contributed by atoms with Gasteiger partial charge in [-0.15, -0.1) is 0 Å². The number of carbonyl (C=O) groups is 1. The molecule has 0 atom stereocenters. The predicted molar refractivity (Wildman–Crippen MR) is 157 cm³/mol. The lowest BCUT2D eigenvalue weighted by molar-refractivity contribution is -0.111. The van der Waals surface area contributed by atoms with Crippen molar-refractivity contribution in [2.45, 2.75) is 39.7 Å². The maximum Gasteiger partial charge on any atom is 0.247 e. The molecule has 1 aliphatic heterocycles. The molecular weight excluding hydrogens is 490 g/mol. The lowest BCUT2D eigenvalue weighted by Gasteiger charge is -2.33. The van der Waals surface area contributed by atoms with E-state index >= 15 is 0 Å². The quantitative estimate of drug-likeness (QED) is 0.276. The Labute approximate surface area is 228 Å². The number of hydrogen-bond donors (Lipinski definition) is 2. The summed E-state index contributed by atoms with van der Waals surface area (Å²) >= 11 is 0. The summed E-state index contributed by atoms with van der Waals surface area (Å²) in [5.74, 6) is 1.86. The zero-order valence-corrected chi connectivity index (χ0v) is 22.9. The Hall–Kier alpha value is -4.40. The van der Waals surface area contributed by atoms with Crippen LogP contribution in [0.25, 0.3) is 22.2 Å². The summed E-state index contributed by atoms with van der Waals surface area (Å²) in [6, 6.07) is 12.0. The number of piperidine rings is 1. The number of aryl methyl sites for hydroxylation is 1. The first-order chi connectivity index (χ1) is 18.8. The van der Waals surface area contributed by atoms with E-state index in [4.69, 9.17) is 14.7 Å². The number of anilines is 4. The molecule has 1 aliphatic rings. The Balaban J connectivity index is 1.54. The van der Waals surface area contributed by atoms with Crippen molar-refractivity contribution in [2.75, 3.05) is 28.6 Å². The minimum atomic E-state index is -0.305. The lowest BCUT2D eigenvalue weighted by atomic mass is 9.99. The van der Waals surface area contributed by atoms with E-state index in [-0.39, 0.29) is 12.0 Å². The highest BCUT2D eigenvalue weighted by atomic mass is 16.5. The van der Waals surface area contributed by atoms with Gasteiger partial charge in [0.05, 0.1) is 17.5 Å². The Kier molecular flexibility index (Phi) is 7.49.